The Morgan fingerprint density at radius 1 is 1.33 bits per heavy atom. The normalized spacial score (nSPS) is 14.1. The maximum atomic E-state index is 10.8. The highest BCUT2D eigenvalue weighted by atomic mass is 16.5. The van der Waals surface area contributed by atoms with E-state index < -0.39 is 12.1 Å². The second kappa shape index (κ2) is 5.87. The molecule has 1 aromatic rings. The van der Waals surface area contributed by atoms with Crippen LogP contribution in [0.5, 0.6) is 5.75 Å². The Labute approximate surface area is 108 Å². The molecule has 0 heterocycles. The zero-order valence-electron chi connectivity index (χ0n) is 11.4. The lowest BCUT2D eigenvalue weighted by Gasteiger charge is -2.17. The molecule has 0 aliphatic rings. The first-order chi connectivity index (χ1) is 8.31. The van der Waals surface area contributed by atoms with Gasteiger partial charge >= 0.3 is 5.97 Å². The van der Waals surface area contributed by atoms with Crippen LogP contribution in [-0.2, 0) is 11.2 Å². The molecule has 100 valence electrons. The number of aryl methyl sites for hydroxylation is 2. The molecule has 0 radical (unpaired) electrons. The lowest BCUT2D eigenvalue weighted by atomic mass is 10.0. The van der Waals surface area contributed by atoms with Gasteiger partial charge in [0.1, 0.15) is 5.75 Å². The molecule has 0 amide bonds. The molecular formula is C14H21NO3. The molecule has 0 bridgehead atoms. The van der Waals surface area contributed by atoms with Crippen molar-refractivity contribution in [3.63, 3.8) is 0 Å². The van der Waals surface area contributed by atoms with Gasteiger partial charge in [-0.2, -0.15) is 0 Å². The van der Waals surface area contributed by atoms with E-state index in [0.29, 0.717) is 5.75 Å². The summed E-state index contributed by atoms with van der Waals surface area (Å²) in [5, 5.41) is 8.86. The van der Waals surface area contributed by atoms with Crippen molar-refractivity contribution < 1.29 is 14.6 Å². The second-order valence-electron chi connectivity index (χ2n) is 4.84. The summed E-state index contributed by atoms with van der Waals surface area (Å²) in [4.78, 5) is 10.8. The van der Waals surface area contributed by atoms with Crippen molar-refractivity contribution in [1.82, 2.24) is 0 Å². The summed E-state index contributed by atoms with van der Waals surface area (Å²) in [5.74, 6) is -0.313. The Morgan fingerprint density at radius 3 is 2.22 bits per heavy atom. The number of aliphatic carboxylic acids is 1. The van der Waals surface area contributed by atoms with Gasteiger partial charge in [-0.15, -0.1) is 0 Å². The Kier molecular flexibility index (Phi) is 4.73. The quantitative estimate of drug-likeness (QED) is 0.840. The molecule has 4 heteroatoms. The number of carbonyl (C=O) groups is 1. The zero-order valence-corrected chi connectivity index (χ0v) is 11.4. The molecule has 0 aliphatic heterocycles. The molecule has 2 atom stereocenters. The van der Waals surface area contributed by atoms with E-state index >= 15 is 0 Å². The first-order valence-corrected chi connectivity index (χ1v) is 6.06. The van der Waals surface area contributed by atoms with Crippen LogP contribution in [0, 0.1) is 13.8 Å². The summed E-state index contributed by atoms with van der Waals surface area (Å²) in [6.45, 7) is 7.32. The third kappa shape index (κ3) is 3.74. The summed E-state index contributed by atoms with van der Waals surface area (Å²) in [6, 6.07) is 4.11. The minimum absolute atomic E-state index is 0.105. The van der Waals surface area contributed by atoms with Crippen LogP contribution in [0.2, 0.25) is 0 Å². The van der Waals surface area contributed by atoms with Crippen LogP contribution in [-0.4, -0.2) is 23.2 Å². The van der Waals surface area contributed by atoms with Gasteiger partial charge < -0.3 is 15.6 Å². The van der Waals surface area contributed by atoms with Gasteiger partial charge in [0.25, 0.3) is 0 Å². The molecule has 0 aromatic heterocycles. The summed E-state index contributed by atoms with van der Waals surface area (Å²) in [5.41, 5.74) is 8.81. The van der Waals surface area contributed by atoms with E-state index in [0.717, 1.165) is 23.1 Å². The van der Waals surface area contributed by atoms with Gasteiger partial charge in [0.2, 0.25) is 0 Å². The van der Waals surface area contributed by atoms with Crippen molar-refractivity contribution in [2.24, 2.45) is 5.73 Å². The van der Waals surface area contributed by atoms with Crippen LogP contribution >= 0.6 is 0 Å². The number of benzene rings is 1. The van der Waals surface area contributed by atoms with Gasteiger partial charge in [0.05, 0.1) is 0 Å². The molecule has 3 N–H and O–H groups in total. The molecule has 4 nitrogen and oxygen atoms in total. The Morgan fingerprint density at radius 2 is 1.83 bits per heavy atom. The standard InChI is InChI=1S/C14H21NO3/c1-8-5-12(7-10(3)15)6-9(2)13(8)18-11(4)14(16)17/h5-6,10-11H,7,15H2,1-4H3,(H,16,17). The fraction of sp³-hybridized carbons (Fsp3) is 0.500. The molecule has 0 fully saturated rings. The van der Waals surface area contributed by atoms with Crippen LogP contribution in [0.4, 0.5) is 0 Å². The lowest BCUT2D eigenvalue weighted by Crippen LogP contribution is -2.24. The summed E-state index contributed by atoms with van der Waals surface area (Å²) in [6.07, 6.45) is -0.0436. The number of ether oxygens (including phenoxy) is 1. The number of carboxylic acid groups (broad SMARTS) is 1. The van der Waals surface area contributed by atoms with Crippen LogP contribution in [0.3, 0.4) is 0 Å². The van der Waals surface area contributed by atoms with E-state index in [1.54, 1.807) is 0 Å². The summed E-state index contributed by atoms with van der Waals surface area (Å²) < 4.78 is 5.47. The van der Waals surface area contributed by atoms with E-state index in [2.05, 4.69) is 0 Å². The third-order valence-electron chi connectivity index (χ3n) is 2.72. The molecule has 0 spiro atoms. The van der Waals surface area contributed by atoms with Gasteiger partial charge in [-0.05, 0) is 50.8 Å². The number of hydrogen-bond acceptors (Lipinski definition) is 3. The van der Waals surface area contributed by atoms with Gasteiger partial charge in [0.15, 0.2) is 6.10 Å². The number of rotatable bonds is 5. The van der Waals surface area contributed by atoms with Gasteiger partial charge in [0, 0.05) is 6.04 Å². The molecule has 1 rings (SSSR count). The van der Waals surface area contributed by atoms with Gasteiger partial charge in [-0.3, -0.25) is 0 Å². The first-order valence-electron chi connectivity index (χ1n) is 6.06. The predicted molar refractivity (Wildman–Crippen MR) is 71.0 cm³/mol. The average molecular weight is 251 g/mol. The highest BCUT2D eigenvalue weighted by Crippen LogP contribution is 2.26. The van der Waals surface area contributed by atoms with Gasteiger partial charge in [-0.1, -0.05) is 12.1 Å². The minimum atomic E-state index is -0.964. The largest absolute Gasteiger partial charge is 0.479 e. The van der Waals surface area contributed by atoms with Crippen molar-refractivity contribution in [1.29, 1.82) is 0 Å². The maximum absolute atomic E-state index is 10.8. The molecule has 18 heavy (non-hydrogen) atoms. The van der Waals surface area contributed by atoms with E-state index in [1.807, 2.05) is 32.9 Å². The van der Waals surface area contributed by atoms with E-state index in [4.69, 9.17) is 15.6 Å². The Bertz CT molecular complexity index is 418. The lowest BCUT2D eigenvalue weighted by molar-refractivity contribution is -0.144. The van der Waals surface area contributed by atoms with Crippen LogP contribution in [0.25, 0.3) is 0 Å². The summed E-state index contributed by atoms with van der Waals surface area (Å²) >= 11 is 0. The fourth-order valence-electron chi connectivity index (χ4n) is 1.94. The first kappa shape index (κ1) is 14.5. The number of hydrogen-bond donors (Lipinski definition) is 2. The smallest absolute Gasteiger partial charge is 0.344 e. The van der Waals surface area contributed by atoms with E-state index in [9.17, 15) is 4.79 Å². The number of nitrogens with two attached hydrogens (primary N) is 1. The van der Waals surface area contributed by atoms with Crippen LogP contribution < -0.4 is 10.5 Å². The SMILES string of the molecule is Cc1cc(CC(C)N)cc(C)c1OC(C)C(=O)O. The van der Waals surface area contributed by atoms with Crippen LogP contribution in [0.15, 0.2) is 12.1 Å². The summed E-state index contributed by atoms with van der Waals surface area (Å²) in [7, 11) is 0. The zero-order chi connectivity index (χ0) is 13.9. The van der Waals surface area contributed by atoms with Crippen molar-refractivity contribution in [3.8, 4) is 5.75 Å². The molecule has 1 aromatic carbocycles. The molecule has 0 saturated carbocycles. The fourth-order valence-corrected chi connectivity index (χ4v) is 1.94. The minimum Gasteiger partial charge on any atom is -0.479 e. The second-order valence-corrected chi connectivity index (χ2v) is 4.84. The van der Waals surface area contributed by atoms with Crippen molar-refractivity contribution in [3.05, 3.63) is 28.8 Å². The molecule has 2 unspecified atom stereocenters. The van der Waals surface area contributed by atoms with Crippen LogP contribution in [0.1, 0.15) is 30.5 Å². The highest BCUT2D eigenvalue weighted by Gasteiger charge is 2.16. The average Bonchev–Trinajstić information content (AvgIpc) is 2.21. The third-order valence-corrected chi connectivity index (χ3v) is 2.72. The molecule has 0 saturated heterocycles. The topological polar surface area (TPSA) is 72.5 Å². The van der Waals surface area contributed by atoms with E-state index in [-0.39, 0.29) is 6.04 Å². The number of carboxylic acids is 1. The maximum Gasteiger partial charge on any atom is 0.344 e. The van der Waals surface area contributed by atoms with Gasteiger partial charge in [-0.25, -0.2) is 4.79 Å². The van der Waals surface area contributed by atoms with Crippen molar-refractivity contribution >= 4 is 5.97 Å². The van der Waals surface area contributed by atoms with E-state index in [1.165, 1.54) is 6.92 Å². The van der Waals surface area contributed by atoms with Crippen molar-refractivity contribution in [2.75, 3.05) is 0 Å². The predicted octanol–water partition coefficient (Wildman–Crippen LogP) is 2.05. The Balaban J connectivity index is 2.97. The highest BCUT2D eigenvalue weighted by molar-refractivity contribution is 5.72. The monoisotopic (exact) mass is 251 g/mol. The Hall–Kier alpha value is -1.55. The molecular weight excluding hydrogens is 230 g/mol. The van der Waals surface area contributed by atoms with Crippen molar-refractivity contribution in [2.45, 2.75) is 46.3 Å². The molecule has 0 aliphatic carbocycles.